The molecule has 28 heavy (non-hydrogen) atoms. The predicted molar refractivity (Wildman–Crippen MR) is 100.0 cm³/mol. The fraction of sp³-hybridized carbons (Fsp3) is 0.278. The van der Waals surface area contributed by atoms with Crippen LogP contribution in [0.4, 0.5) is 5.69 Å². The molecule has 1 atom stereocenters. The Morgan fingerprint density at radius 1 is 1.18 bits per heavy atom. The molecule has 148 valence electrons. The third-order valence-electron chi connectivity index (χ3n) is 4.36. The normalized spacial score (nSPS) is 17.3. The number of carbonyl (C=O) groups is 1. The summed E-state index contributed by atoms with van der Waals surface area (Å²) in [5, 5.41) is 10.7. The zero-order chi connectivity index (χ0) is 20.1. The van der Waals surface area contributed by atoms with Gasteiger partial charge in [-0.05, 0) is 17.7 Å². The number of rotatable bonds is 6. The second-order valence-electron chi connectivity index (χ2n) is 6.19. The van der Waals surface area contributed by atoms with Gasteiger partial charge < -0.3 is 9.64 Å². The highest BCUT2D eigenvalue weighted by Crippen LogP contribution is 2.22. The van der Waals surface area contributed by atoms with Crippen LogP contribution in [0, 0.1) is 10.1 Å². The van der Waals surface area contributed by atoms with Gasteiger partial charge in [0.1, 0.15) is 6.10 Å². The summed E-state index contributed by atoms with van der Waals surface area (Å²) >= 11 is 0. The SMILES string of the molecule is O=C(CNS(=O)(=O)c1ccc([N+](=O)[O-])cc1)N1CCOC(c2ccccc2)C1. The first-order chi connectivity index (χ1) is 13.4. The quantitative estimate of drug-likeness (QED) is 0.574. The Balaban J connectivity index is 1.60. The van der Waals surface area contributed by atoms with Crippen LogP contribution in [0.25, 0.3) is 0 Å². The third kappa shape index (κ3) is 4.71. The van der Waals surface area contributed by atoms with E-state index in [-0.39, 0.29) is 22.6 Å². The molecule has 0 bridgehead atoms. The maximum atomic E-state index is 12.5. The van der Waals surface area contributed by atoms with Crippen LogP contribution in [0.2, 0.25) is 0 Å². The number of hydrogen-bond donors (Lipinski definition) is 1. The minimum atomic E-state index is -3.95. The number of nitrogens with one attached hydrogen (secondary N) is 1. The Bertz CT molecular complexity index is 947. The molecule has 1 saturated heterocycles. The van der Waals surface area contributed by atoms with Gasteiger partial charge in [-0.3, -0.25) is 14.9 Å². The van der Waals surface area contributed by atoms with Gasteiger partial charge in [0, 0.05) is 18.7 Å². The van der Waals surface area contributed by atoms with Crippen LogP contribution in [0.1, 0.15) is 11.7 Å². The second-order valence-corrected chi connectivity index (χ2v) is 7.95. The van der Waals surface area contributed by atoms with Gasteiger partial charge in [-0.2, -0.15) is 0 Å². The summed E-state index contributed by atoms with van der Waals surface area (Å²) in [5.74, 6) is -0.366. The number of carbonyl (C=O) groups excluding carboxylic acids is 1. The lowest BCUT2D eigenvalue weighted by Gasteiger charge is -2.33. The zero-order valence-corrected chi connectivity index (χ0v) is 15.7. The van der Waals surface area contributed by atoms with E-state index < -0.39 is 21.5 Å². The van der Waals surface area contributed by atoms with Gasteiger partial charge in [0.05, 0.1) is 29.5 Å². The summed E-state index contributed by atoms with van der Waals surface area (Å²) in [5.41, 5.74) is 0.738. The minimum absolute atomic E-state index is 0.143. The molecule has 2 aromatic rings. The molecule has 10 heteroatoms. The van der Waals surface area contributed by atoms with E-state index in [0.29, 0.717) is 19.7 Å². The van der Waals surface area contributed by atoms with E-state index in [2.05, 4.69) is 4.72 Å². The molecule has 0 spiro atoms. The highest BCUT2D eigenvalue weighted by Gasteiger charge is 2.26. The van der Waals surface area contributed by atoms with Crippen molar-refractivity contribution < 1.29 is 22.9 Å². The van der Waals surface area contributed by atoms with Crippen molar-refractivity contribution in [2.45, 2.75) is 11.0 Å². The van der Waals surface area contributed by atoms with Crippen LogP contribution in [0.15, 0.2) is 59.5 Å². The number of nitro groups is 1. The van der Waals surface area contributed by atoms with E-state index in [9.17, 15) is 23.3 Å². The van der Waals surface area contributed by atoms with E-state index in [1.165, 1.54) is 0 Å². The van der Waals surface area contributed by atoms with Crippen molar-refractivity contribution in [2.24, 2.45) is 0 Å². The molecule has 1 aliphatic heterocycles. The molecule has 1 unspecified atom stereocenters. The molecule has 0 aromatic heterocycles. The smallest absolute Gasteiger partial charge is 0.269 e. The molecule has 1 fully saturated rings. The summed E-state index contributed by atoms with van der Waals surface area (Å²) in [6, 6.07) is 13.9. The molecule has 1 N–H and O–H groups in total. The monoisotopic (exact) mass is 405 g/mol. The third-order valence-corrected chi connectivity index (χ3v) is 5.78. The Kier molecular flexibility index (Phi) is 6.02. The topological polar surface area (TPSA) is 119 Å². The Hall–Kier alpha value is -2.82. The van der Waals surface area contributed by atoms with Crippen molar-refractivity contribution in [1.82, 2.24) is 9.62 Å². The summed E-state index contributed by atoms with van der Waals surface area (Å²) < 4.78 is 32.6. The molecule has 1 amide bonds. The molecule has 0 radical (unpaired) electrons. The first-order valence-electron chi connectivity index (χ1n) is 8.55. The lowest BCUT2D eigenvalue weighted by Crippen LogP contribution is -2.46. The minimum Gasteiger partial charge on any atom is -0.370 e. The molecule has 2 aromatic carbocycles. The van der Waals surface area contributed by atoms with Crippen molar-refractivity contribution in [2.75, 3.05) is 26.2 Å². The number of morpholine rings is 1. The maximum Gasteiger partial charge on any atom is 0.269 e. The van der Waals surface area contributed by atoms with Gasteiger partial charge in [0.25, 0.3) is 5.69 Å². The number of nitro benzene ring substituents is 1. The average molecular weight is 405 g/mol. The van der Waals surface area contributed by atoms with Crippen LogP contribution in [0.5, 0.6) is 0 Å². The van der Waals surface area contributed by atoms with E-state index in [1.54, 1.807) is 4.90 Å². The van der Waals surface area contributed by atoms with Gasteiger partial charge in [-0.25, -0.2) is 13.1 Å². The average Bonchev–Trinajstić information content (AvgIpc) is 2.73. The maximum absolute atomic E-state index is 12.5. The molecule has 9 nitrogen and oxygen atoms in total. The van der Waals surface area contributed by atoms with E-state index in [0.717, 1.165) is 29.8 Å². The number of nitrogens with zero attached hydrogens (tertiary/aromatic N) is 2. The predicted octanol–water partition coefficient (Wildman–Crippen LogP) is 1.47. The van der Waals surface area contributed by atoms with Crippen LogP contribution in [0.3, 0.4) is 0 Å². The van der Waals surface area contributed by atoms with Gasteiger partial charge in [-0.1, -0.05) is 30.3 Å². The van der Waals surface area contributed by atoms with Gasteiger partial charge in [0.2, 0.25) is 15.9 Å². The van der Waals surface area contributed by atoms with Crippen molar-refractivity contribution in [1.29, 1.82) is 0 Å². The van der Waals surface area contributed by atoms with Crippen molar-refractivity contribution in [3.63, 3.8) is 0 Å². The van der Waals surface area contributed by atoms with E-state index >= 15 is 0 Å². The fourth-order valence-corrected chi connectivity index (χ4v) is 3.82. The van der Waals surface area contributed by atoms with E-state index in [4.69, 9.17) is 4.74 Å². The summed E-state index contributed by atoms with van der Waals surface area (Å²) in [6.45, 7) is 0.671. The van der Waals surface area contributed by atoms with Gasteiger partial charge in [-0.15, -0.1) is 0 Å². The molecular weight excluding hydrogens is 386 g/mol. The van der Waals surface area contributed by atoms with Crippen LogP contribution in [-0.4, -0.2) is 50.4 Å². The largest absolute Gasteiger partial charge is 0.370 e. The number of benzene rings is 2. The first kappa shape index (κ1) is 19.9. The highest BCUT2D eigenvalue weighted by molar-refractivity contribution is 7.89. The number of ether oxygens (including phenoxy) is 1. The molecule has 1 aliphatic rings. The molecule has 3 rings (SSSR count). The summed E-state index contributed by atoms with van der Waals surface area (Å²) in [4.78, 5) is 23.9. The Morgan fingerprint density at radius 2 is 1.86 bits per heavy atom. The van der Waals surface area contributed by atoms with E-state index in [1.807, 2.05) is 30.3 Å². The van der Waals surface area contributed by atoms with Crippen molar-refractivity contribution in [3.8, 4) is 0 Å². The van der Waals surface area contributed by atoms with Crippen LogP contribution >= 0.6 is 0 Å². The Labute approximate surface area is 162 Å². The summed E-state index contributed by atoms with van der Waals surface area (Å²) in [7, 11) is -3.95. The highest BCUT2D eigenvalue weighted by atomic mass is 32.2. The van der Waals surface area contributed by atoms with Crippen LogP contribution in [-0.2, 0) is 19.6 Å². The number of amides is 1. The lowest BCUT2D eigenvalue weighted by atomic mass is 10.1. The Morgan fingerprint density at radius 3 is 2.50 bits per heavy atom. The van der Waals surface area contributed by atoms with Crippen molar-refractivity contribution >= 4 is 21.6 Å². The summed E-state index contributed by atoms with van der Waals surface area (Å²) in [6.07, 6.45) is -0.259. The molecule has 0 aliphatic carbocycles. The van der Waals surface area contributed by atoms with Gasteiger partial charge in [0.15, 0.2) is 0 Å². The zero-order valence-electron chi connectivity index (χ0n) is 14.9. The number of non-ortho nitro benzene ring substituents is 1. The molecular formula is C18H19N3O6S. The lowest BCUT2D eigenvalue weighted by molar-refractivity contribution is -0.384. The first-order valence-corrected chi connectivity index (χ1v) is 10.0. The molecule has 1 heterocycles. The van der Waals surface area contributed by atoms with Crippen LogP contribution < -0.4 is 4.72 Å². The number of hydrogen-bond acceptors (Lipinski definition) is 6. The standard InChI is InChI=1S/C18H19N3O6S/c22-18(20-10-11-27-17(13-20)14-4-2-1-3-5-14)12-19-28(25,26)16-8-6-15(7-9-16)21(23)24/h1-9,17,19H,10-13H2. The molecule has 0 saturated carbocycles. The number of sulfonamides is 1. The van der Waals surface area contributed by atoms with Gasteiger partial charge >= 0.3 is 0 Å². The fourth-order valence-electron chi connectivity index (χ4n) is 2.84. The van der Waals surface area contributed by atoms with Crippen molar-refractivity contribution in [3.05, 3.63) is 70.3 Å². The second kappa shape index (κ2) is 8.46.